The van der Waals surface area contributed by atoms with Gasteiger partial charge in [0.15, 0.2) is 0 Å². The Morgan fingerprint density at radius 1 is 1.19 bits per heavy atom. The van der Waals surface area contributed by atoms with E-state index in [1.165, 1.54) is 24.0 Å². The van der Waals surface area contributed by atoms with E-state index in [2.05, 4.69) is 45.0 Å². The predicted molar refractivity (Wildman–Crippen MR) is 69.5 cm³/mol. The largest absolute Gasteiger partial charge is 0.321 e. The van der Waals surface area contributed by atoms with Crippen LogP contribution in [0.2, 0.25) is 0 Å². The van der Waals surface area contributed by atoms with Gasteiger partial charge in [0.25, 0.3) is 0 Å². The van der Waals surface area contributed by atoms with Gasteiger partial charge >= 0.3 is 0 Å². The van der Waals surface area contributed by atoms with Crippen molar-refractivity contribution in [2.75, 3.05) is 0 Å². The molecule has 1 heteroatoms. The fourth-order valence-corrected chi connectivity index (χ4v) is 2.30. The summed E-state index contributed by atoms with van der Waals surface area (Å²) in [6, 6.07) is 8.97. The van der Waals surface area contributed by atoms with Crippen molar-refractivity contribution in [3.63, 3.8) is 0 Å². The van der Waals surface area contributed by atoms with Crippen LogP contribution in [0.5, 0.6) is 0 Å². The molecule has 0 amide bonds. The van der Waals surface area contributed by atoms with Gasteiger partial charge in [0.2, 0.25) is 0 Å². The highest BCUT2D eigenvalue weighted by Gasteiger charge is 2.34. The Hall–Kier alpha value is -0.820. The van der Waals surface area contributed by atoms with Crippen LogP contribution in [0.4, 0.5) is 0 Å². The van der Waals surface area contributed by atoms with Crippen LogP contribution in [0, 0.1) is 0 Å². The second-order valence-electron chi connectivity index (χ2n) is 5.82. The molecular formula is C15H23N. The van der Waals surface area contributed by atoms with E-state index in [4.69, 9.17) is 5.73 Å². The molecule has 2 rings (SSSR count). The topological polar surface area (TPSA) is 26.0 Å². The predicted octanol–water partition coefficient (Wildman–Crippen LogP) is 3.71. The van der Waals surface area contributed by atoms with Crippen LogP contribution >= 0.6 is 0 Å². The molecule has 1 aromatic rings. The molecule has 0 radical (unpaired) electrons. The number of nitrogens with two attached hydrogens (primary N) is 1. The summed E-state index contributed by atoms with van der Waals surface area (Å²) in [5.74, 6) is 0. The van der Waals surface area contributed by atoms with Crippen molar-refractivity contribution in [2.45, 2.75) is 57.4 Å². The Morgan fingerprint density at radius 3 is 2.12 bits per heavy atom. The van der Waals surface area contributed by atoms with Crippen molar-refractivity contribution in [1.82, 2.24) is 0 Å². The average Bonchev–Trinajstić information content (AvgIpc) is 2.26. The molecular weight excluding hydrogens is 194 g/mol. The maximum atomic E-state index is 6.32. The molecule has 16 heavy (non-hydrogen) atoms. The van der Waals surface area contributed by atoms with Gasteiger partial charge in [-0.05, 0) is 42.2 Å². The fraction of sp³-hybridized carbons (Fsp3) is 0.600. The van der Waals surface area contributed by atoms with Crippen LogP contribution in [0.3, 0.4) is 0 Å². The van der Waals surface area contributed by atoms with Crippen LogP contribution in [0.1, 0.15) is 57.6 Å². The third-order valence-corrected chi connectivity index (χ3v) is 4.37. The van der Waals surface area contributed by atoms with Crippen molar-refractivity contribution in [3.05, 3.63) is 35.4 Å². The molecule has 88 valence electrons. The second kappa shape index (κ2) is 3.89. The first-order chi connectivity index (χ1) is 7.48. The van der Waals surface area contributed by atoms with Crippen molar-refractivity contribution < 1.29 is 0 Å². The zero-order valence-electron chi connectivity index (χ0n) is 10.7. The third kappa shape index (κ3) is 1.89. The smallest absolute Gasteiger partial charge is 0.0409 e. The summed E-state index contributed by atoms with van der Waals surface area (Å²) < 4.78 is 0. The summed E-state index contributed by atoms with van der Waals surface area (Å²) in [5, 5.41) is 0. The molecule has 0 atom stereocenters. The van der Waals surface area contributed by atoms with E-state index in [0.717, 1.165) is 12.8 Å². The molecule has 0 heterocycles. The zero-order valence-corrected chi connectivity index (χ0v) is 10.7. The van der Waals surface area contributed by atoms with E-state index < -0.39 is 0 Å². The lowest BCUT2D eigenvalue weighted by Crippen LogP contribution is -2.43. The first kappa shape index (κ1) is 11.7. The van der Waals surface area contributed by atoms with Gasteiger partial charge in [-0.15, -0.1) is 0 Å². The Morgan fingerprint density at radius 2 is 1.75 bits per heavy atom. The van der Waals surface area contributed by atoms with E-state index in [1.54, 1.807) is 0 Å². The third-order valence-electron chi connectivity index (χ3n) is 4.37. The van der Waals surface area contributed by atoms with Gasteiger partial charge in [-0.1, -0.05) is 45.0 Å². The molecule has 0 unspecified atom stereocenters. The maximum absolute atomic E-state index is 6.32. The van der Waals surface area contributed by atoms with Gasteiger partial charge in [0.05, 0.1) is 0 Å². The summed E-state index contributed by atoms with van der Waals surface area (Å²) in [5.41, 5.74) is 9.31. The van der Waals surface area contributed by atoms with Crippen LogP contribution in [-0.2, 0) is 11.0 Å². The fourth-order valence-electron chi connectivity index (χ4n) is 2.30. The highest BCUT2D eigenvalue weighted by molar-refractivity contribution is 5.33. The molecule has 1 saturated carbocycles. The molecule has 1 fully saturated rings. The summed E-state index contributed by atoms with van der Waals surface area (Å²) >= 11 is 0. The van der Waals surface area contributed by atoms with Crippen LogP contribution < -0.4 is 5.73 Å². The van der Waals surface area contributed by atoms with E-state index in [1.807, 2.05) is 0 Å². The number of benzene rings is 1. The van der Waals surface area contributed by atoms with E-state index in [0.29, 0.717) is 0 Å². The molecule has 0 aliphatic heterocycles. The highest BCUT2D eigenvalue weighted by Crippen LogP contribution is 2.39. The number of hydrogen-bond donors (Lipinski definition) is 1. The molecule has 1 aromatic carbocycles. The normalized spacial score (nSPS) is 19.2. The van der Waals surface area contributed by atoms with E-state index in [-0.39, 0.29) is 11.0 Å². The SMILES string of the molecule is CCC(C)(C)c1ccc(C2(N)CCC2)cc1. The van der Waals surface area contributed by atoms with E-state index in [9.17, 15) is 0 Å². The lowest BCUT2D eigenvalue weighted by atomic mass is 9.72. The van der Waals surface area contributed by atoms with Crippen molar-refractivity contribution in [1.29, 1.82) is 0 Å². The molecule has 0 saturated heterocycles. The summed E-state index contributed by atoms with van der Waals surface area (Å²) in [7, 11) is 0. The van der Waals surface area contributed by atoms with E-state index >= 15 is 0 Å². The number of hydrogen-bond acceptors (Lipinski definition) is 1. The lowest BCUT2D eigenvalue weighted by Gasteiger charge is -2.39. The lowest BCUT2D eigenvalue weighted by molar-refractivity contribution is 0.253. The Balaban J connectivity index is 2.23. The molecule has 2 N–H and O–H groups in total. The second-order valence-corrected chi connectivity index (χ2v) is 5.82. The minimum atomic E-state index is -0.0190. The van der Waals surface area contributed by atoms with Crippen molar-refractivity contribution >= 4 is 0 Å². The molecule has 0 bridgehead atoms. The van der Waals surface area contributed by atoms with Gasteiger partial charge in [0.1, 0.15) is 0 Å². The number of rotatable bonds is 3. The first-order valence-corrected chi connectivity index (χ1v) is 6.38. The maximum Gasteiger partial charge on any atom is 0.0409 e. The van der Waals surface area contributed by atoms with Crippen LogP contribution in [0.15, 0.2) is 24.3 Å². The van der Waals surface area contributed by atoms with Gasteiger partial charge in [-0.3, -0.25) is 0 Å². The first-order valence-electron chi connectivity index (χ1n) is 6.38. The minimum absolute atomic E-state index is 0.0190. The van der Waals surface area contributed by atoms with Crippen LogP contribution in [0.25, 0.3) is 0 Å². The van der Waals surface area contributed by atoms with Crippen LogP contribution in [-0.4, -0.2) is 0 Å². The Labute approximate surface area is 99.0 Å². The van der Waals surface area contributed by atoms with Gasteiger partial charge in [-0.2, -0.15) is 0 Å². The van der Waals surface area contributed by atoms with Gasteiger partial charge < -0.3 is 5.73 Å². The zero-order chi connectivity index (χ0) is 11.8. The molecule has 1 nitrogen and oxygen atoms in total. The summed E-state index contributed by atoms with van der Waals surface area (Å²) in [6.45, 7) is 6.83. The molecule has 0 spiro atoms. The molecule has 0 aromatic heterocycles. The Kier molecular flexibility index (Phi) is 2.83. The minimum Gasteiger partial charge on any atom is -0.321 e. The summed E-state index contributed by atoms with van der Waals surface area (Å²) in [6.07, 6.45) is 4.73. The summed E-state index contributed by atoms with van der Waals surface area (Å²) in [4.78, 5) is 0. The van der Waals surface area contributed by atoms with Gasteiger partial charge in [-0.25, -0.2) is 0 Å². The highest BCUT2D eigenvalue weighted by atomic mass is 14.8. The molecule has 1 aliphatic rings. The monoisotopic (exact) mass is 217 g/mol. The average molecular weight is 217 g/mol. The quantitative estimate of drug-likeness (QED) is 0.820. The van der Waals surface area contributed by atoms with Crippen molar-refractivity contribution in [2.24, 2.45) is 5.73 Å². The Bertz CT molecular complexity index is 327. The standard InChI is InChI=1S/C15H23N/c1-4-14(2,3)12-6-8-13(9-7-12)15(16)10-5-11-15/h6-9H,4-5,10-11,16H2,1-3H3. The van der Waals surface area contributed by atoms with Crippen molar-refractivity contribution in [3.8, 4) is 0 Å². The molecule has 1 aliphatic carbocycles. The van der Waals surface area contributed by atoms with Gasteiger partial charge in [0, 0.05) is 5.54 Å².